The van der Waals surface area contributed by atoms with Gasteiger partial charge in [0.2, 0.25) is 10.0 Å². The maximum Gasteiger partial charge on any atom is 0.230 e. The number of pyridine rings is 1. The Bertz CT molecular complexity index is 320. The van der Waals surface area contributed by atoms with Crippen LogP contribution in [-0.4, -0.2) is 19.7 Å². The average Bonchev–Trinajstić information content (AvgIpc) is 1.85. The van der Waals surface area contributed by atoms with E-state index in [0.717, 1.165) is 6.26 Å². The monoisotopic (exact) mass is 172 g/mol. The Hall–Kier alpha value is -1.10. The Kier molecular flexibility index (Phi) is 2.09. The highest BCUT2D eigenvalue weighted by molar-refractivity contribution is 7.92. The molecule has 0 fully saturated rings. The van der Waals surface area contributed by atoms with Gasteiger partial charge in [-0.1, -0.05) is 6.07 Å². The van der Waals surface area contributed by atoms with Crippen molar-refractivity contribution < 1.29 is 8.42 Å². The summed E-state index contributed by atoms with van der Waals surface area (Å²) in [6.45, 7) is 0. The lowest BCUT2D eigenvalue weighted by atomic mass is 10.5. The Labute approximate surface area is 65.3 Å². The zero-order valence-electron chi connectivity index (χ0n) is 5.98. The van der Waals surface area contributed by atoms with Crippen molar-refractivity contribution in [3.05, 3.63) is 24.4 Å². The molecule has 1 aromatic rings. The second-order valence-electron chi connectivity index (χ2n) is 2.09. The first-order valence-corrected chi connectivity index (χ1v) is 4.86. The molecule has 5 heteroatoms. The number of rotatable bonds is 2. The molecule has 0 saturated heterocycles. The van der Waals surface area contributed by atoms with Gasteiger partial charge < -0.3 is 0 Å². The topological polar surface area (TPSA) is 59.1 Å². The molecule has 0 aliphatic rings. The van der Waals surface area contributed by atoms with Crippen LogP contribution in [0.4, 0.5) is 5.82 Å². The maximum absolute atomic E-state index is 10.6. The number of nitrogens with zero attached hydrogens (tertiary/aromatic N) is 1. The summed E-state index contributed by atoms with van der Waals surface area (Å²) in [7, 11) is -3.19. The number of nitrogens with one attached hydrogen (secondary N) is 1. The number of sulfonamides is 1. The molecule has 0 amide bonds. The molecule has 4 nitrogen and oxygen atoms in total. The number of hydrogen-bond donors (Lipinski definition) is 1. The molecule has 0 aliphatic carbocycles. The molecule has 60 valence electrons. The third kappa shape index (κ3) is 2.99. The van der Waals surface area contributed by atoms with E-state index in [0.29, 0.717) is 5.82 Å². The van der Waals surface area contributed by atoms with Gasteiger partial charge >= 0.3 is 0 Å². The van der Waals surface area contributed by atoms with Gasteiger partial charge in [-0.25, -0.2) is 13.4 Å². The third-order valence-corrected chi connectivity index (χ3v) is 1.53. The van der Waals surface area contributed by atoms with Gasteiger partial charge in [0.25, 0.3) is 0 Å². The maximum atomic E-state index is 10.6. The van der Waals surface area contributed by atoms with Gasteiger partial charge in [-0.2, -0.15) is 0 Å². The predicted octanol–water partition coefficient (Wildman–Crippen LogP) is 0.453. The van der Waals surface area contributed by atoms with E-state index >= 15 is 0 Å². The molecular weight excluding hydrogens is 164 g/mol. The summed E-state index contributed by atoms with van der Waals surface area (Å²) in [5, 5.41) is 0. The zero-order chi connectivity index (χ0) is 8.32. The average molecular weight is 172 g/mol. The largest absolute Gasteiger partial charge is 0.268 e. The zero-order valence-corrected chi connectivity index (χ0v) is 6.80. The van der Waals surface area contributed by atoms with Crippen molar-refractivity contribution in [2.24, 2.45) is 0 Å². The van der Waals surface area contributed by atoms with Crippen molar-refractivity contribution in [1.82, 2.24) is 4.98 Å². The third-order valence-electron chi connectivity index (χ3n) is 0.955. The van der Waals surface area contributed by atoms with Crippen molar-refractivity contribution in [2.75, 3.05) is 11.0 Å². The van der Waals surface area contributed by atoms with Crippen molar-refractivity contribution in [3.8, 4) is 0 Å². The molecule has 0 radical (unpaired) electrons. The first kappa shape index (κ1) is 8.00. The molecule has 1 heterocycles. The first-order chi connectivity index (χ1) is 5.08. The Morgan fingerprint density at radius 3 is 2.64 bits per heavy atom. The summed E-state index contributed by atoms with van der Waals surface area (Å²) < 4.78 is 23.5. The van der Waals surface area contributed by atoms with Crippen LogP contribution in [0.3, 0.4) is 0 Å². The molecule has 11 heavy (non-hydrogen) atoms. The Balaban J connectivity index is 2.82. The summed E-state index contributed by atoms with van der Waals surface area (Å²) in [5.41, 5.74) is 0. The first-order valence-electron chi connectivity index (χ1n) is 2.97. The number of hydrogen-bond acceptors (Lipinski definition) is 3. The van der Waals surface area contributed by atoms with Crippen molar-refractivity contribution in [2.45, 2.75) is 0 Å². The van der Waals surface area contributed by atoms with Crippen LogP contribution in [0.15, 0.2) is 24.4 Å². The van der Waals surface area contributed by atoms with E-state index in [9.17, 15) is 8.42 Å². The minimum atomic E-state index is -3.19. The van der Waals surface area contributed by atoms with Gasteiger partial charge in [0.15, 0.2) is 0 Å². The lowest BCUT2D eigenvalue weighted by Crippen LogP contribution is -2.10. The van der Waals surface area contributed by atoms with Gasteiger partial charge in [0.05, 0.1) is 6.26 Å². The smallest absolute Gasteiger partial charge is 0.230 e. The number of anilines is 1. The van der Waals surface area contributed by atoms with E-state index in [1.54, 1.807) is 18.2 Å². The molecule has 0 unspecified atom stereocenters. The summed E-state index contributed by atoms with van der Waals surface area (Å²) >= 11 is 0. The molecule has 0 aromatic carbocycles. The predicted molar refractivity (Wildman–Crippen MR) is 42.7 cm³/mol. The standard InChI is InChI=1S/C6H8N2O2S/c1-11(9,10)8-6-4-2-3-5-7-6/h2-5H,1H3,(H,7,8). The summed E-state index contributed by atoms with van der Waals surface area (Å²) in [5.74, 6) is 0.343. The minimum Gasteiger partial charge on any atom is -0.268 e. The van der Waals surface area contributed by atoms with Crippen LogP contribution in [0.25, 0.3) is 0 Å². The van der Waals surface area contributed by atoms with Crippen LogP contribution in [0.2, 0.25) is 0 Å². The van der Waals surface area contributed by atoms with Crippen LogP contribution in [0.5, 0.6) is 0 Å². The van der Waals surface area contributed by atoms with E-state index in [4.69, 9.17) is 0 Å². The van der Waals surface area contributed by atoms with E-state index < -0.39 is 10.0 Å². The van der Waals surface area contributed by atoms with Gasteiger partial charge in [-0.15, -0.1) is 0 Å². The Morgan fingerprint density at radius 1 is 1.45 bits per heavy atom. The quantitative estimate of drug-likeness (QED) is 0.704. The lowest BCUT2D eigenvalue weighted by molar-refractivity contribution is 0.606. The van der Waals surface area contributed by atoms with Crippen LogP contribution in [0.1, 0.15) is 0 Å². The molecule has 0 saturated carbocycles. The van der Waals surface area contributed by atoms with E-state index in [1.807, 2.05) is 0 Å². The van der Waals surface area contributed by atoms with Crippen molar-refractivity contribution >= 4 is 15.8 Å². The van der Waals surface area contributed by atoms with Crippen molar-refractivity contribution in [1.29, 1.82) is 0 Å². The summed E-state index contributed by atoms with van der Waals surface area (Å²) in [4.78, 5) is 3.77. The van der Waals surface area contributed by atoms with Gasteiger partial charge in [-0.05, 0) is 12.1 Å². The van der Waals surface area contributed by atoms with Gasteiger partial charge in [0.1, 0.15) is 5.82 Å². The fourth-order valence-electron chi connectivity index (χ4n) is 0.613. The second-order valence-corrected chi connectivity index (χ2v) is 3.84. The normalized spacial score (nSPS) is 11.0. The van der Waals surface area contributed by atoms with Crippen LogP contribution < -0.4 is 4.72 Å². The minimum absolute atomic E-state index is 0.343. The van der Waals surface area contributed by atoms with Crippen LogP contribution >= 0.6 is 0 Å². The van der Waals surface area contributed by atoms with Crippen molar-refractivity contribution in [3.63, 3.8) is 0 Å². The van der Waals surface area contributed by atoms with E-state index in [-0.39, 0.29) is 0 Å². The van der Waals surface area contributed by atoms with E-state index in [2.05, 4.69) is 9.71 Å². The fraction of sp³-hybridized carbons (Fsp3) is 0.167. The van der Waals surface area contributed by atoms with Gasteiger partial charge in [0, 0.05) is 6.20 Å². The number of aromatic nitrogens is 1. The molecule has 1 aromatic heterocycles. The molecular formula is C6H8N2O2S. The molecule has 0 aliphatic heterocycles. The highest BCUT2D eigenvalue weighted by Gasteiger charge is 1.99. The van der Waals surface area contributed by atoms with Crippen LogP contribution in [-0.2, 0) is 10.0 Å². The highest BCUT2D eigenvalue weighted by atomic mass is 32.2. The summed E-state index contributed by atoms with van der Waals surface area (Å²) in [6.07, 6.45) is 2.61. The molecule has 1 rings (SSSR count). The van der Waals surface area contributed by atoms with Gasteiger partial charge in [-0.3, -0.25) is 4.72 Å². The lowest BCUT2D eigenvalue weighted by Gasteiger charge is -1.99. The molecule has 0 bridgehead atoms. The molecule has 0 atom stereocenters. The summed E-state index contributed by atoms with van der Waals surface area (Å²) in [6, 6.07) is 5.01. The highest BCUT2D eigenvalue weighted by Crippen LogP contribution is 2.00. The fourth-order valence-corrected chi connectivity index (χ4v) is 1.11. The molecule has 0 spiro atoms. The molecule has 1 N–H and O–H groups in total. The van der Waals surface area contributed by atoms with E-state index in [1.165, 1.54) is 6.20 Å². The van der Waals surface area contributed by atoms with Crippen LogP contribution in [0, 0.1) is 0 Å². The Morgan fingerprint density at radius 2 is 2.18 bits per heavy atom. The SMILES string of the molecule is CS(=O)(=O)Nc1ccccn1. The second kappa shape index (κ2) is 2.87.